The minimum absolute atomic E-state index is 0.107. The molecular formula is C27H25FN2O6S. The zero-order chi connectivity index (χ0) is 26.7. The zero-order valence-electron chi connectivity index (χ0n) is 20.7. The summed E-state index contributed by atoms with van der Waals surface area (Å²) in [6.07, 6.45) is 1.64. The van der Waals surface area contributed by atoms with E-state index in [4.69, 9.17) is 14.2 Å². The summed E-state index contributed by atoms with van der Waals surface area (Å²) < 4.78 is 32.6. The van der Waals surface area contributed by atoms with Crippen molar-refractivity contribution in [2.45, 2.75) is 33.7 Å². The molecule has 0 bridgehead atoms. The average Bonchev–Trinajstić information content (AvgIpc) is 3.14. The molecule has 0 spiro atoms. The molecule has 1 aromatic heterocycles. The van der Waals surface area contributed by atoms with E-state index in [1.165, 1.54) is 23.6 Å². The number of rotatable bonds is 7. The number of fused-ring (bicyclic) bond motifs is 1. The summed E-state index contributed by atoms with van der Waals surface area (Å²) in [5.74, 6) is -1.08. The largest absolute Gasteiger partial charge is 0.490 e. The number of carbonyl (C=O) groups is 2. The van der Waals surface area contributed by atoms with E-state index in [1.54, 1.807) is 57.2 Å². The first-order valence-corrected chi connectivity index (χ1v) is 12.5. The molecule has 3 aromatic rings. The van der Waals surface area contributed by atoms with E-state index in [9.17, 15) is 18.8 Å². The quantitative estimate of drug-likeness (QED) is 0.348. The molecule has 0 fully saturated rings. The molecule has 10 heteroatoms. The van der Waals surface area contributed by atoms with Gasteiger partial charge in [-0.05, 0) is 50.6 Å². The lowest BCUT2D eigenvalue weighted by atomic mass is 9.95. The summed E-state index contributed by atoms with van der Waals surface area (Å²) in [4.78, 5) is 42.8. The lowest BCUT2D eigenvalue weighted by molar-refractivity contribution is -0.139. The number of nitrogens with zero attached hydrogens (tertiary/aromatic N) is 2. The molecule has 0 radical (unpaired) electrons. The van der Waals surface area contributed by atoms with Gasteiger partial charge in [0.2, 0.25) is 0 Å². The van der Waals surface area contributed by atoms with E-state index in [0.717, 1.165) is 11.3 Å². The Bertz CT molecular complexity index is 1590. The third-order valence-corrected chi connectivity index (χ3v) is 6.52. The van der Waals surface area contributed by atoms with Crippen molar-refractivity contribution >= 4 is 29.4 Å². The van der Waals surface area contributed by atoms with Crippen LogP contribution in [0.25, 0.3) is 6.08 Å². The topological polar surface area (TPSA) is 96.2 Å². The van der Waals surface area contributed by atoms with Gasteiger partial charge < -0.3 is 14.2 Å². The molecular weight excluding hydrogens is 499 g/mol. The molecule has 2 heterocycles. The zero-order valence-corrected chi connectivity index (χ0v) is 21.6. The van der Waals surface area contributed by atoms with E-state index in [0.29, 0.717) is 33.0 Å². The first kappa shape index (κ1) is 26.0. The number of ether oxygens (including phenoxy) is 3. The minimum atomic E-state index is -1.04. The fourth-order valence-corrected chi connectivity index (χ4v) is 5.10. The van der Waals surface area contributed by atoms with Gasteiger partial charge in [0.1, 0.15) is 11.9 Å². The Morgan fingerprint density at radius 2 is 1.89 bits per heavy atom. The van der Waals surface area contributed by atoms with Crippen LogP contribution in [0.5, 0.6) is 11.5 Å². The summed E-state index contributed by atoms with van der Waals surface area (Å²) in [5, 5.41) is 0. The van der Waals surface area contributed by atoms with E-state index >= 15 is 0 Å². The molecule has 0 unspecified atom stereocenters. The number of allylic oxidation sites excluding steroid dienone is 1. The normalized spacial score (nSPS) is 15.2. The molecule has 0 amide bonds. The first-order valence-electron chi connectivity index (χ1n) is 11.6. The van der Waals surface area contributed by atoms with E-state index in [-0.39, 0.29) is 23.5 Å². The second-order valence-electron chi connectivity index (χ2n) is 8.06. The molecule has 0 saturated heterocycles. The van der Waals surface area contributed by atoms with Crippen molar-refractivity contribution in [3.05, 3.63) is 90.4 Å². The third kappa shape index (κ3) is 5.24. The van der Waals surface area contributed by atoms with Gasteiger partial charge in [-0.3, -0.25) is 14.2 Å². The second kappa shape index (κ2) is 10.9. The molecule has 0 saturated carbocycles. The van der Waals surface area contributed by atoms with Crippen molar-refractivity contribution in [2.24, 2.45) is 4.99 Å². The Labute approximate surface area is 215 Å². The Morgan fingerprint density at radius 3 is 2.57 bits per heavy atom. The van der Waals surface area contributed by atoms with E-state index in [2.05, 4.69) is 4.99 Å². The maximum Gasteiger partial charge on any atom is 0.338 e. The predicted molar refractivity (Wildman–Crippen MR) is 136 cm³/mol. The highest BCUT2D eigenvalue weighted by molar-refractivity contribution is 7.07. The van der Waals surface area contributed by atoms with Crippen LogP contribution in [-0.2, 0) is 14.3 Å². The van der Waals surface area contributed by atoms with Crippen LogP contribution in [-0.4, -0.2) is 29.7 Å². The van der Waals surface area contributed by atoms with Gasteiger partial charge in [-0.25, -0.2) is 14.2 Å². The number of hydrogen-bond acceptors (Lipinski definition) is 8. The molecule has 37 heavy (non-hydrogen) atoms. The van der Waals surface area contributed by atoms with Gasteiger partial charge in [-0.2, -0.15) is 0 Å². The third-order valence-electron chi connectivity index (χ3n) is 5.54. The highest BCUT2D eigenvalue weighted by Crippen LogP contribution is 2.32. The SMILES string of the molecule is CCOC(=O)C1=C(C)N=c2s/c(=C\c3ccc(OC(C)=O)c(OCC)c3)c(=O)n2[C@@H]1c1ccccc1F. The van der Waals surface area contributed by atoms with Crippen molar-refractivity contribution < 1.29 is 28.2 Å². The lowest BCUT2D eigenvalue weighted by Gasteiger charge is -2.24. The molecule has 192 valence electrons. The number of benzene rings is 2. The minimum Gasteiger partial charge on any atom is -0.490 e. The Kier molecular flexibility index (Phi) is 7.68. The molecule has 1 aliphatic heterocycles. The Balaban J connectivity index is 1.90. The number of aromatic nitrogens is 1. The standard InChI is InChI=1S/C27H25FN2O6S/c1-5-34-21-13-17(11-12-20(21)36-16(4)31)14-22-25(32)30-24(18-9-7-8-10-19(18)28)23(26(33)35-6-2)15(3)29-27(30)37-22/h7-14,24H,5-6H2,1-4H3/b22-14-/t24-/m1/s1. The number of halogens is 1. The van der Waals surface area contributed by atoms with Gasteiger partial charge >= 0.3 is 11.9 Å². The van der Waals surface area contributed by atoms with Gasteiger partial charge in [-0.1, -0.05) is 35.6 Å². The Morgan fingerprint density at radius 1 is 1.14 bits per heavy atom. The number of carbonyl (C=O) groups excluding carboxylic acids is 2. The number of thiazole rings is 1. The van der Waals surface area contributed by atoms with Gasteiger partial charge in [0, 0.05) is 12.5 Å². The monoisotopic (exact) mass is 524 g/mol. The maximum atomic E-state index is 15.0. The molecule has 0 aliphatic carbocycles. The fraction of sp³-hybridized carbons (Fsp3) is 0.259. The van der Waals surface area contributed by atoms with Crippen molar-refractivity contribution in [1.82, 2.24) is 4.57 Å². The maximum absolute atomic E-state index is 15.0. The number of hydrogen-bond donors (Lipinski definition) is 0. The highest BCUT2D eigenvalue weighted by Gasteiger charge is 2.34. The van der Waals surface area contributed by atoms with Crippen molar-refractivity contribution in [3.63, 3.8) is 0 Å². The van der Waals surface area contributed by atoms with E-state index < -0.39 is 29.4 Å². The molecule has 1 atom stereocenters. The van der Waals surface area contributed by atoms with Crippen LogP contribution in [0.15, 0.2) is 63.5 Å². The first-order chi connectivity index (χ1) is 17.7. The van der Waals surface area contributed by atoms with Crippen LogP contribution in [0, 0.1) is 5.82 Å². The van der Waals surface area contributed by atoms with Crippen LogP contribution < -0.4 is 24.4 Å². The lowest BCUT2D eigenvalue weighted by Crippen LogP contribution is -2.40. The summed E-state index contributed by atoms with van der Waals surface area (Å²) >= 11 is 1.12. The molecule has 2 aromatic carbocycles. The van der Waals surface area contributed by atoms with Crippen molar-refractivity contribution in [3.8, 4) is 11.5 Å². The summed E-state index contributed by atoms with van der Waals surface area (Å²) in [6, 6.07) is 9.89. The molecule has 1 aliphatic rings. The second-order valence-corrected chi connectivity index (χ2v) is 9.07. The molecule has 4 rings (SSSR count). The van der Waals surface area contributed by atoms with Crippen molar-refractivity contribution in [2.75, 3.05) is 13.2 Å². The van der Waals surface area contributed by atoms with Gasteiger partial charge in [0.05, 0.1) is 29.0 Å². The predicted octanol–water partition coefficient (Wildman–Crippen LogP) is 3.26. The smallest absolute Gasteiger partial charge is 0.338 e. The summed E-state index contributed by atoms with van der Waals surface area (Å²) in [7, 11) is 0. The molecule has 0 N–H and O–H groups in total. The van der Waals surface area contributed by atoms with Gasteiger partial charge in [0.25, 0.3) is 5.56 Å². The van der Waals surface area contributed by atoms with Crippen LogP contribution >= 0.6 is 11.3 Å². The van der Waals surface area contributed by atoms with Crippen LogP contribution in [0.1, 0.15) is 44.9 Å². The van der Waals surface area contributed by atoms with Crippen molar-refractivity contribution in [1.29, 1.82) is 0 Å². The Hall–Kier alpha value is -4.05. The van der Waals surface area contributed by atoms with Crippen LogP contribution in [0.3, 0.4) is 0 Å². The van der Waals surface area contributed by atoms with Gasteiger partial charge in [0.15, 0.2) is 16.3 Å². The highest BCUT2D eigenvalue weighted by atomic mass is 32.1. The molecule has 8 nitrogen and oxygen atoms in total. The van der Waals surface area contributed by atoms with Gasteiger partial charge in [-0.15, -0.1) is 0 Å². The summed E-state index contributed by atoms with van der Waals surface area (Å²) in [5.41, 5.74) is 0.803. The number of esters is 2. The fourth-order valence-electron chi connectivity index (χ4n) is 4.06. The van der Waals surface area contributed by atoms with E-state index in [1.807, 2.05) is 0 Å². The average molecular weight is 525 g/mol. The van der Waals surface area contributed by atoms with Crippen LogP contribution in [0.4, 0.5) is 4.39 Å². The van der Waals surface area contributed by atoms with Crippen LogP contribution in [0.2, 0.25) is 0 Å². The summed E-state index contributed by atoms with van der Waals surface area (Å²) in [6.45, 7) is 6.87.